The molecule has 6 nitrogen and oxygen atoms in total. The molecule has 0 aliphatic rings. The lowest BCUT2D eigenvalue weighted by Crippen LogP contribution is -2.28. The Labute approximate surface area is 186 Å². The van der Waals surface area contributed by atoms with Crippen LogP contribution in [0, 0.1) is 6.92 Å². The minimum Gasteiger partial charge on any atom is -0.477 e. The largest absolute Gasteiger partial charge is 0.477 e. The van der Waals surface area contributed by atoms with Crippen molar-refractivity contribution < 1.29 is 9.90 Å². The Balaban J connectivity index is 1.66. The van der Waals surface area contributed by atoms with Crippen molar-refractivity contribution in [1.82, 2.24) is 14.5 Å². The summed E-state index contributed by atoms with van der Waals surface area (Å²) in [5, 5.41) is 9.85. The van der Waals surface area contributed by atoms with Crippen LogP contribution in [-0.2, 0) is 19.6 Å². The van der Waals surface area contributed by atoms with Gasteiger partial charge < -0.3 is 9.67 Å². The highest BCUT2D eigenvalue weighted by Crippen LogP contribution is 2.14. The molecular formula is C26H25N3O3. The number of aryl methyl sites for hydroxylation is 1. The van der Waals surface area contributed by atoms with Crippen LogP contribution in [0.1, 0.15) is 27.2 Å². The SMILES string of the molecule is Cc1ccc2c(=O)c(C(=O)O)cn(CCN(Cc3ccccc3)Cc3ccccc3)c2n1. The van der Waals surface area contributed by atoms with Crippen LogP contribution in [0.5, 0.6) is 0 Å². The Kier molecular flexibility index (Phi) is 6.42. The molecule has 0 saturated heterocycles. The molecule has 0 saturated carbocycles. The minimum absolute atomic E-state index is 0.235. The van der Waals surface area contributed by atoms with Gasteiger partial charge in [0.2, 0.25) is 5.43 Å². The van der Waals surface area contributed by atoms with Gasteiger partial charge in [-0.2, -0.15) is 0 Å². The molecule has 2 heterocycles. The molecular weight excluding hydrogens is 402 g/mol. The third kappa shape index (κ3) is 4.92. The molecule has 6 heteroatoms. The summed E-state index contributed by atoms with van der Waals surface area (Å²) in [6, 6.07) is 23.9. The summed E-state index contributed by atoms with van der Waals surface area (Å²) in [6.45, 7) is 4.54. The zero-order chi connectivity index (χ0) is 22.5. The normalized spacial score (nSPS) is 11.2. The van der Waals surface area contributed by atoms with E-state index in [1.165, 1.54) is 17.3 Å². The van der Waals surface area contributed by atoms with Gasteiger partial charge in [-0.15, -0.1) is 0 Å². The molecule has 0 radical (unpaired) electrons. The first-order chi connectivity index (χ1) is 15.5. The number of carbonyl (C=O) groups is 1. The van der Waals surface area contributed by atoms with Crippen molar-refractivity contribution in [3.8, 4) is 0 Å². The molecule has 2 aromatic heterocycles. The van der Waals surface area contributed by atoms with E-state index in [0.717, 1.165) is 18.8 Å². The van der Waals surface area contributed by atoms with Gasteiger partial charge in [-0.25, -0.2) is 9.78 Å². The number of aromatic nitrogens is 2. The highest BCUT2D eigenvalue weighted by atomic mass is 16.4. The van der Waals surface area contributed by atoms with Gasteiger partial charge in [0.05, 0.1) is 5.39 Å². The predicted molar refractivity (Wildman–Crippen MR) is 125 cm³/mol. The number of hydrogen-bond acceptors (Lipinski definition) is 4. The molecule has 0 spiro atoms. The van der Waals surface area contributed by atoms with Gasteiger partial charge in [-0.1, -0.05) is 60.7 Å². The zero-order valence-corrected chi connectivity index (χ0v) is 17.9. The minimum atomic E-state index is -1.23. The fourth-order valence-electron chi connectivity index (χ4n) is 3.83. The Morgan fingerprint density at radius 2 is 1.53 bits per heavy atom. The quantitative estimate of drug-likeness (QED) is 0.458. The second-order valence-corrected chi connectivity index (χ2v) is 7.88. The predicted octanol–water partition coefficient (Wildman–Crippen LogP) is 4.11. The van der Waals surface area contributed by atoms with Gasteiger partial charge in [0.1, 0.15) is 11.2 Å². The number of aromatic carboxylic acids is 1. The maximum atomic E-state index is 12.6. The van der Waals surface area contributed by atoms with Gasteiger partial charge in [0.25, 0.3) is 0 Å². The summed E-state index contributed by atoms with van der Waals surface area (Å²) < 4.78 is 1.79. The van der Waals surface area contributed by atoms with Gasteiger partial charge in [0.15, 0.2) is 0 Å². The van der Waals surface area contributed by atoms with Gasteiger partial charge in [-0.05, 0) is 30.2 Å². The van der Waals surface area contributed by atoms with Crippen molar-refractivity contribution in [2.75, 3.05) is 6.54 Å². The number of fused-ring (bicyclic) bond motifs is 1. The van der Waals surface area contributed by atoms with Crippen molar-refractivity contribution in [2.24, 2.45) is 0 Å². The first-order valence-electron chi connectivity index (χ1n) is 10.6. The summed E-state index contributed by atoms with van der Waals surface area (Å²) in [5.41, 5.74) is 2.96. The molecule has 0 aliphatic heterocycles. The van der Waals surface area contributed by atoms with Crippen molar-refractivity contribution >= 4 is 17.0 Å². The maximum Gasteiger partial charge on any atom is 0.341 e. The average Bonchev–Trinajstić information content (AvgIpc) is 2.79. The molecule has 1 N–H and O–H groups in total. The van der Waals surface area contributed by atoms with Crippen LogP contribution < -0.4 is 5.43 Å². The van der Waals surface area contributed by atoms with Crippen molar-refractivity contribution in [2.45, 2.75) is 26.6 Å². The summed E-state index contributed by atoms with van der Waals surface area (Å²) in [7, 11) is 0. The number of hydrogen-bond donors (Lipinski definition) is 1. The van der Waals surface area contributed by atoms with Crippen molar-refractivity contribution in [3.63, 3.8) is 0 Å². The maximum absolute atomic E-state index is 12.6. The fourth-order valence-corrected chi connectivity index (χ4v) is 3.83. The van der Waals surface area contributed by atoms with Crippen LogP contribution in [-0.4, -0.2) is 32.1 Å². The molecule has 2 aromatic carbocycles. The van der Waals surface area contributed by atoms with E-state index in [2.05, 4.69) is 34.1 Å². The monoisotopic (exact) mass is 427 g/mol. The molecule has 0 aliphatic carbocycles. The molecule has 0 unspecified atom stereocenters. The average molecular weight is 428 g/mol. The lowest BCUT2D eigenvalue weighted by atomic mass is 10.1. The van der Waals surface area contributed by atoms with Gasteiger partial charge in [-0.3, -0.25) is 9.69 Å². The van der Waals surface area contributed by atoms with E-state index in [1.54, 1.807) is 16.7 Å². The van der Waals surface area contributed by atoms with Crippen LogP contribution in [0.4, 0.5) is 0 Å². The Morgan fingerprint density at radius 3 is 2.09 bits per heavy atom. The molecule has 0 bridgehead atoms. The van der Waals surface area contributed by atoms with Gasteiger partial charge >= 0.3 is 5.97 Å². The van der Waals surface area contributed by atoms with Crippen LogP contribution in [0.15, 0.2) is 83.8 Å². The summed E-state index contributed by atoms with van der Waals surface area (Å²) in [6.07, 6.45) is 1.42. The Morgan fingerprint density at radius 1 is 0.938 bits per heavy atom. The number of benzene rings is 2. The molecule has 0 fully saturated rings. The molecule has 32 heavy (non-hydrogen) atoms. The number of carboxylic acid groups (broad SMARTS) is 1. The second-order valence-electron chi connectivity index (χ2n) is 7.88. The van der Waals surface area contributed by atoms with E-state index < -0.39 is 11.4 Å². The number of nitrogens with zero attached hydrogens (tertiary/aromatic N) is 3. The lowest BCUT2D eigenvalue weighted by molar-refractivity contribution is 0.0694. The van der Waals surface area contributed by atoms with Crippen molar-refractivity contribution in [1.29, 1.82) is 0 Å². The third-order valence-corrected chi connectivity index (χ3v) is 5.45. The van der Waals surface area contributed by atoms with E-state index in [0.29, 0.717) is 24.1 Å². The highest BCUT2D eigenvalue weighted by molar-refractivity contribution is 5.91. The zero-order valence-electron chi connectivity index (χ0n) is 17.9. The fraction of sp³-hybridized carbons (Fsp3) is 0.192. The van der Waals surface area contributed by atoms with E-state index in [-0.39, 0.29) is 5.56 Å². The van der Waals surface area contributed by atoms with E-state index in [1.807, 2.05) is 43.3 Å². The lowest BCUT2D eigenvalue weighted by Gasteiger charge is -2.24. The second kappa shape index (κ2) is 9.58. The first kappa shape index (κ1) is 21.5. The molecule has 0 atom stereocenters. The van der Waals surface area contributed by atoms with Crippen molar-refractivity contribution in [3.05, 3.63) is 112 Å². The molecule has 4 aromatic rings. The van der Waals surface area contributed by atoms with Gasteiger partial charge in [0, 0.05) is 38.1 Å². The van der Waals surface area contributed by atoms with Crippen LogP contribution >= 0.6 is 0 Å². The van der Waals surface area contributed by atoms with Crippen LogP contribution in [0.25, 0.3) is 11.0 Å². The highest BCUT2D eigenvalue weighted by Gasteiger charge is 2.16. The molecule has 162 valence electrons. The number of rotatable bonds is 8. The molecule has 0 amide bonds. The van der Waals surface area contributed by atoms with Crippen LogP contribution in [0.2, 0.25) is 0 Å². The summed E-state index contributed by atoms with van der Waals surface area (Å²) in [4.78, 5) is 31.1. The van der Waals surface area contributed by atoms with E-state index >= 15 is 0 Å². The van der Waals surface area contributed by atoms with E-state index in [9.17, 15) is 14.7 Å². The third-order valence-electron chi connectivity index (χ3n) is 5.45. The van der Waals surface area contributed by atoms with E-state index in [4.69, 9.17) is 0 Å². The summed E-state index contributed by atoms with van der Waals surface area (Å²) in [5.74, 6) is -1.23. The van der Waals surface area contributed by atoms with Crippen LogP contribution in [0.3, 0.4) is 0 Å². The summed E-state index contributed by atoms with van der Waals surface area (Å²) >= 11 is 0. The smallest absolute Gasteiger partial charge is 0.341 e. The standard InChI is InChI=1S/C26H25N3O3/c1-19-12-13-22-24(30)23(26(31)32)18-29(25(22)27-19)15-14-28(16-20-8-4-2-5-9-20)17-21-10-6-3-7-11-21/h2-13,18H,14-17H2,1H3,(H,31,32). The number of pyridine rings is 2. The Hall–Kier alpha value is -3.77. The molecule has 4 rings (SSSR count). The Bertz CT molecular complexity index is 1240. The first-order valence-corrected chi connectivity index (χ1v) is 10.6. The number of carboxylic acids is 1. The topological polar surface area (TPSA) is 75.4 Å².